The maximum absolute atomic E-state index is 12.5. The molecule has 0 aliphatic carbocycles. The van der Waals surface area contributed by atoms with Gasteiger partial charge in [0, 0.05) is 18.3 Å². The van der Waals surface area contributed by atoms with Gasteiger partial charge in [-0.3, -0.25) is 9.78 Å². The van der Waals surface area contributed by atoms with Crippen LogP contribution in [0.5, 0.6) is 0 Å². The second-order valence-electron chi connectivity index (χ2n) is 6.54. The van der Waals surface area contributed by atoms with Crippen molar-refractivity contribution in [2.45, 2.75) is 25.3 Å². The first-order valence-corrected chi connectivity index (χ1v) is 10.2. The Hall–Kier alpha value is -3.03. The largest absolute Gasteiger partial charge is 0.321 e. The van der Waals surface area contributed by atoms with Gasteiger partial charge in [0.1, 0.15) is 0 Å². The molecule has 6 nitrogen and oxygen atoms in total. The van der Waals surface area contributed by atoms with Crippen molar-refractivity contribution in [1.82, 2.24) is 9.71 Å². The number of amides is 1. The van der Waals surface area contributed by atoms with Gasteiger partial charge >= 0.3 is 0 Å². The van der Waals surface area contributed by atoms with Crippen molar-refractivity contribution in [3.8, 4) is 0 Å². The van der Waals surface area contributed by atoms with Gasteiger partial charge < -0.3 is 5.32 Å². The Kier molecular flexibility index (Phi) is 5.87. The van der Waals surface area contributed by atoms with E-state index >= 15 is 0 Å². The summed E-state index contributed by atoms with van der Waals surface area (Å²) in [6.45, 7) is 3.86. The molecule has 1 aromatic heterocycles. The number of benzene rings is 2. The number of carbonyl (C=O) groups excluding carboxylic acids is 1. The predicted octanol–water partition coefficient (Wildman–Crippen LogP) is 3.43. The molecule has 7 heteroatoms. The van der Waals surface area contributed by atoms with Crippen LogP contribution in [0, 0.1) is 13.8 Å². The minimum Gasteiger partial charge on any atom is -0.321 e. The molecule has 144 valence electrons. The van der Waals surface area contributed by atoms with E-state index in [1.807, 2.05) is 19.9 Å². The average molecular weight is 395 g/mol. The molecule has 1 heterocycles. The minimum atomic E-state index is -3.61. The van der Waals surface area contributed by atoms with Crippen LogP contribution in [0.1, 0.15) is 27.0 Å². The molecular weight excluding hydrogens is 374 g/mol. The number of aryl methyl sites for hydroxylation is 2. The molecule has 3 rings (SSSR count). The number of anilines is 1. The Balaban J connectivity index is 1.65. The number of rotatable bonds is 6. The van der Waals surface area contributed by atoms with Gasteiger partial charge in [-0.1, -0.05) is 18.2 Å². The highest BCUT2D eigenvalue weighted by Crippen LogP contribution is 2.15. The van der Waals surface area contributed by atoms with Crippen LogP contribution >= 0.6 is 0 Å². The lowest BCUT2D eigenvalue weighted by Crippen LogP contribution is -2.23. The van der Waals surface area contributed by atoms with Gasteiger partial charge in [-0.15, -0.1) is 0 Å². The Morgan fingerprint density at radius 1 is 1.00 bits per heavy atom. The smallest absolute Gasteiger partial charge is 0.255 e. The van der Waals surface area contributed by atoms with Gasteiger partial charge in [-0.2, -0.15) is 0 Å². The molecule has 2 aromatic carbocycles. The Morgan fingerprint density at radius 3 is 2.29 bits per heavy atom. The molecule has 0 aliphatic heterocycles. The summed E-state index contributed by atoms with van der Waals surface area (Å²) in [6, 6.07) is 15.5. The first-order valence-electron chi connectivity index (χ1n) is 8.72. The molecule has 28 heavy (non-hydrogen) atoms. The zero-order valence-corrected chi connectivity index (χ0v) is 16.5. The van der Waals surface area contributed by atoms with Crippen LogP contribution < -0.4 is 10.0 Å². The maximum Gasteiger partial charge on any atom is 0.255 e. The molecule has 0 bridgehead atoms. The molecule has 0 spiro atoms. The standard InChI is InChI=1S/C21H21N3O3S/c1-15-10-16(2)12-20(11-15)28(26,27)23-13-17-5-7-18(8-6-17)21(25)24-19-4-3-9-22-14-19/h3-12,14,23H,13H2,1-2H3,(H,24,25). The summed E-state index contributed by atoms with van der Waals surface area (Å²) in [5.41, 5.74) is 3.63. The van der Waals surface area contributed by atoms with Crippen LogP contribution in [-0.2, 0) is 16.6 Å². The van der Waals surface area contributed by atoms with Crippen LogP contribution in [0.3, 0.4) is 0 Å². The number of pyridine rings is 1. The van der Waals surface area contributed by atoms with E-state index in [1.165, 1.54) is 0 Å². The lowest BCUT2D eigenvalue weighted by molar-refractivity contribution is 0.102. The number of nitrogens with zero attached hydrogens (tertiary/aromatic N) is 1. The summed E-state index contributed by atoms with van der Waals surface area (Å²) in [6.07, 6.45) is 3.19. The Labute approximate surface area is 164 Å². The molecule has 3 aromatic rings. The number of nitrogens with one attached hydrogen (secondary N) is 2. The molecule has 0 saturated heterocycles. The molecule has 0 saturated carbocycles. The number of aromatic nitrogens is 1. The van der Waals surface area contributed by atoms with Crippen molar-refractivity contribution < 1.29 is 13.2 Å². The van der Waals surface area contributed by atoms with Crippen molar-refractivity contribution in [1.29, 1.82) is 0 Å². The third kappa shape index (κ3) is 5.03. The third-order valence-corrected chi connectivity index (χ3v) is 5.49. The van der Waals surface area contributed by atoms with Gasteiger partial charge in [0.15, 0.2) is 0 Å². The number of hydrogen-bond acceptors (Lipinski definition) is 4. The van der Waals surface area contributed by atoms with E-state index in [2.05, 4.69) is 15.0 Å². The summed E-state index contributed by atoms with van der Waals surface area (Å²) in [5, 5.41) is 2.75. The highest BCUT2D eigenvalue weighted by molar-refractivity contribution is 7.89. The maximum atomic E-state index is 12.5. The molecule has 1 amide bonds. The van der Waals surface area contributed by atoms with Crippen molar-refractivity contribution in [3.05, 3.63) is 89.2 Å². The fraction of sp³-hybridized carbons (Fsp3) is 0.143. The minimum absolute atomic E-state index is 0.139. The summed E-state index contributed by atoms with van der Waals surface area (Å²) in [7, 11) is -3.61. The summed E-state index contributed by atoms with van der Waals surface area (Å²) in [5.74, 6) is -0.254. The quantitative estimate of drug-likeness (QED) is 0.669. The van der Waals surface area contributed by atoms with Crippen LogP contribution in [0.15, 0.2) is 71.9 Å². The number of carbonyl (C=O) groups is 1. The van der Waals surface area contributed by atoms with Crippen molar-refractivity contribution in [2.75, 3.05) is 5.32 Å². The zero-order chi connectivity index (χ0) is 20.1. The van der Waals surface area contributed by atoms with Gasteiger partial charge in [0.2, 0.25) is 10.0 Å². The number of hydrogen-bond donors (Lipinski definition) is 2. The predicted molar refractivity (Wildman–Crippen MR) is 109 cm³/mol. The summed E-state index contributed by atoms with van der Waals surface area (Å²) in [4.78, 5) is 16.4. The molecule has 0 unspecified atom stereocenters. The second kappa shape index (κ2) is 8.33. The van der Waals surface area contributed by atoms with Gasteiger partial charge in [0.25, 0.3) is 5.91 Å². The SMILES string of the molecule is Cc1cc(C)cc(S(=O)(=O)NCc2ccc(C(=O)Nc3cccnc3)cc2)c1. The van der Waals surface area contributed by atoms with Gasteiger partial charge in [0.05, 0.1) is 16.8 Å². The summed E-state index contributed by atoms with van der Waals surface area (Å²) >= 11 is 0. The third-order valence-electron chi connectivity index (χ3n) is 4.11. The van der Waals surface area contributed by atoms with Crippen molar-refractivity contribution in [3.63, 3.8) is 0 Å². The van der Waals surface area contributed by atoms with E-state index in [0.717, 1.165) is 16.7 Å². The monoisotopic (exact) mass is 395 g/mol. The highest BCUT2D eigenvalue weighted by atomic mass is 32.2. The Morgan fingerprint density at radius 2 is 1.68 bits per heavy atom. The second-order valence-corrected chi connectivity index (χ2v) is 8.31. The van der Waals surface area contributed by atoms with Crippen LogP contribution in [0.2, 0.25) is 0 Å². The lowest BCUT2D eigenvalue weighted by Gasteiger charge is -2.09. The van der Waals surface area contributed by atoms with E-state index < -0.39 is 10.0 Å². The van der Waals surface area contributed by atoms with Gasteiger partial charge in [-0.25, -0.2) is 13.1 Å². The Bertz CT molecular complexity index is 1060. The first-order chi connectivity index (χ1) is 13.3. The van der Waals surface area contributed by atoms with Crippen LogP contribution in [-0.4, -0.2) is 19.3 Å². The van der Waals surface area contributed by atoms with Gasteiger partial charge in [-0.05, 0) is 66.9 Å². The highest BCUT2D eigenvalue weighted by Gasteiger charge is 2.15. The van der Waals surface area contributed by atoms with E-state index in [1.54, 1.807) is 60.9 Å². The molecule has 2 N–H and O–H groups in total. The fourth-order valence-corrected chi connectivity index (χ4v) is 3.97. The first kappa shape index (κ1) is 19.7. The van der Waals surface area contributed by atoms with Crippen LogP contribution in [0.4, 0.5) is 5.69 Å². The van der Waals surface area contributed by atoms with Crippen LogP contribution in [0.25, 0.3) is 0 Å². The van der Waals surface area contributed by atoms with E-state index in [4.69, 9.17) is 0 Å². The molecular formula is C21H21N3O3S. The van der Waals surface area contributed by atoms with E-state index in [9.17, 15) is 13.2 Å². The molecule has 0 fully saturated rings. The van der Waals surface area contributed by atoms with E-state index in [0.29, 0.717) is 11.3 Å². The lowest BCUT2D eigenvalue weighted by atomic mass is 10.1. The topological polar surface area (TPSA) is 88.2 Å². The zero-order valence-electron chi connectivity index (χ0n) is 15.6. The average Bonchev–Trinajstić information content (AvgIpc) is 2.67. The van der Waals surface area contributed by atoms with Crippen molar-refractivity contribution >= 4 is 21.6 Å². The molecule has 0 radical (unpaired) electrons. The van der Waals surface area contributed by atoms with Crippen molar-refractivity contribution in [2.24, 2.45) is 0 Å². The fourth-order valence-electron chi connectivity index (χ4n) is 2.76. The normalized spacial score (nSPS) is 11.2. The molecule has 0 atom stereocenters. The van der Waals surface area contributed by atoms with E-state index in [-0.39, 0.29) is 17.3 Å². The molecule has 0 aliphatic rings. The number of sulfonamides is 1. The summed E-state index contributed by atoms with van der Waals surface area (Å²) < 4.78 is 27.6.